The Kier molecular flexibility index (Phi) is 7.00. The van der Waals surface area contributed by atoms with Crippen molar-refractivity contribution in [1.29, 1.82) is 0 Å². The molecule has 4 rings (SSSR count). The number of hydrogen-bond acceptors (Lipinski definition) is 4. The van der Waals surface area contributed by atoms with Gasteiger partial charge in [0.1, 0.15) is 5.76 Å². The van der Waals surface area contributed by atoms with E-state index in [1.54, 1.807) is 48.5 Å². The molecule has 1 aliphatic carbocycles. The molecule has 1 heterocycles. The molecular weight excluding hydrogens is 436 g/mol. The van der Waals surface area contributed by atoms with Crippen molar-refractivity contribution >= 4 is 15.9 Å². The number of nitrogens with zero attached hydrogens (tertiary/aromatic N) is 1. The molecule has 0 spiro atoms. The Labute approximate surface area is 195 Å². The van der Waals surface area contributed by atoms with Crippen molar-refractivity contribution in [2.24, 2.45) is 0 Å². The average Bonchev–Trinajstić information content (AvgIpc) is 3.49. The van der Waals surface area contributed by atoms with Crippen molar-refractivity contribution in [3.8, 4) is 0 Å². The Bertz CT molecular complexity index is 1170. The normalized spacial score (nSPS) is 14.9. The van der Waals surface area contributed by atoms with Gasteiger partial charge >= 0.3 is 0 Å². The van der Waals surface area contributed by atoms with Crippen molar-refractivity contribution in [2.75, 3.05) is 0 Å². The van der Waals surface area contributed by atoms with Crippen LogP contribution >= 0.6 is 0 Å². The van der Waals surface area contributed by atoms with E-state index in [-0.39, 0.29) is 29.9 Å². The van der Waals surface area contributed by atoms with Gasteiger partial charge in [0.25, 0.3) is 5.91 Å². The third-order valence-electron chi connectivity index (χ3n) is 6.10. The minimum Gasteiger partial charge on any atom is -0.468 e. The van der Waals surface area contributed by atoms with E-state index in [1.807, 2.05) is 12.1 Å². The third kappa shape index (κ3) is 5.72. The number of nitrogens with one attached hydrogen (secondary N) is 1. The van der Waals surface area contributed by atoms with Crippen molar-refractivity contribution in [2.45, 2.75) is 63.1 Å². The SMILES string of the molecule is CCC(C)c1ccc(S(=O)(=O)N(Cc2ccc(C(=O)NC3CC3)cc2)Cc2ccco2)cc1. The van der Waals surface area contributed by atoms with Crippen LogP contribution in [0.5, 0.6) is 0 Å². The van der Waals surface area contributed by atoms with Gasteiger partial charge in [-0.25, -0.2) is 8.42 Å². The smallest absolute Gasteiger partial charge is 0.251 e. The first kappa shape index (κ1) is 23.3. The largest absolute Gasteiger partial charge is 0.468 e. The van der Waals surface area contributed by atoms with Gasteiger partial charge in [0.2, 0.25) is 10.0 Å². The fourth-order valence-electron chi connectivity index (χ4n) is 3.62. The van der Waals surface area contributed by atoms with Crippen LogP contribution in [0, 0.1) is 0 Å². The van der Waals surface area contributed by atoms with Gasteiger partial charge in [-0.1, -0.05) is 38.1 Å². The molecule has 1 atom stereocenters. The molecule has 0 saturated heterocycles. The van der Waals surface area contributed by atoms with E-state index in [9.17, 15) is 13.2 Å². The van der Waals surface area contributed by atoms with E-state index in [0.29, 0.717) is 17.2 Å². The number of carbonyl (C=O) groups is 1. The molecule has 1 saturated carbocycles. The Morgan fingerprint density at radius 1 is 1.06 bits per heavy atom. The van der Waals surface area contributed by atoms with Crippen LogP contribution in [-0.2, 0) is 23.1 Å². The summed E-state index contributed by atoms with van der Waals surface area (Å²) < 4.78 is 33.9. The molecular formula is C26H30N2O4S. The Morgan fingerprint density at radius 3 is 2.33 bits per heavy atom. The van der Waals surface area contributed by atoms with Crippen LogP contribution < -0.4 is 5.32 Å². The van der Waals surface area contributed by atoms with Crippen LogP contribution in [0.25, 0.3) is 0 Å². The molecule has 1 amide bonds. The summed E-state index contributed by atoms with van der Waals surface area (Å²) in [5, 5.41) is 2.96. The highest BCUT2D eigenvalue weighted by Gasteiger charge is 2.27. The average molecular weight is 467 g/mol. The zero-order chi connectivity index (χ0) is 23.4. The van der Waals surface area contributed by atoms with Crippen LogP contribution in [0.15, 0.2) is 76.2 Å². The first-order chi connectivity index (χ1) is 15.9. The molecule has 1 aliphatic rings. The number of benzene rings is 2. The van der Waals surface area contributed by atoms with Crippen LogP contribution in [0.3, 0.4) is 0 Å². The standard InChI is InChI=1S/C26H30N2O4S/c1-3-19(2)21-10-14-25(15-11-21)33(30,31)28(18-24-5-4-16-32-24)17-20-6-8-22(9-7-20)26(29)27-23-12-13-23/h4-11,14-16,19,23H,3,12-13,17-18H2,1-2H3,(H,27,29). The predicted octanol–water partition coefficient (Wildman–Crippen LogP) is 5.08. The van der Waals surface area contributed by atoms with E-state index in [2.05, 4.69) is 19.2 Å². The second-order valence-electron chi connectivity index (χ2n) is 8.68. The van der Waals surface area contributed by atoms with Gasteiger partial charge in [0, 0.05) is 18.2 Å². The number of sulfonamides is 1. The third-order valence-corrected chi connectivity index (χ3v) is 7.91. The molecule has 33 heavy (non-hydrogen) atoms. The minimum absolute atomic E-state index is 0.0921. The minimum atomic E-state index is -3.76. The number of amides is 1. The van der Waals surface area contributed by atoms with Crippen molar-refractivity contribution in [1.82, 2.24) is 9.62 Å². The fourth-order valence-corrected chi connectivity index (χ4v) is 5.01. The highest BCUT2D eigenvalue weighted by atomic mass is 32.2. The number of rotatable bonds is 10. The van der Waals surface area contributed by atoms with Gasteiger partial charge in [0.05, 0.1) is 17.7 Å². The number of carbonyl (C=O) groups excluding carboxylic acids is 1. The van der Waals surface area contributed by atoms with E-state index < -0.39 is 10.0 Å². The van der Waals surface area contributed by atoms with Gasteiger partial charge in [-0.2, -0.15) is 4.31 Å². The fraction of sp³-hybridized carbons (Fsp3) is 0.346. The van der Waals surface area contributed by atoms with Crippen LogP contribution in [-0.4, -0.2) is 24.7 Å². The van der Waals surface area contributed by atoms with Gasteiger partial charge in [-0.15, -0.1) is 0 Å². The molecule has 0 bridgehead atoms. The van der Waals surface area contributed by atoms with E-state index in [1.165, 1.54) is 10.6 Å². The lowest BCUT2D eigenvalue weighted by atomic mass is 9.99. The van der Waals surface area contributed by atoms with E-state index in [0.717, 1.165) is 30.4 Å². The number of furan rings is 1. The Hall–Kier alpha value is -2.90. The van der Waals surface area contributed by atoms with Gasteiger partial charge in [-0.05, 0) is 72.7 Å². The maximum Gasteiger partial charge on any atom is 0.251 e. The lowest BCUT2D eigenvalue weighted by Crippen LogP contribution is -2.30. The quantitative estimate of drug-likeness (QED) is 0.452. The van der Waals surface area contributed by atoms with Gasteiger partial charge < -0.3 is 9.73 Å². The van der Waals surface area contributed by atoms with Crippen LogP contribution in [0.4, 0.5) is 0 Å². The van der Waals surface area contributed by atoms with Gasteiger partial charge in [-0.3, -0.25) is 4.79 Å². The summed E-state index contributed by atoms with van der Waals surface area (Å²) in [6, 6.07) is 18.0. The zero-order valence-electron chi connectivity index (χ0n) is 19.0. The summed E-state index contributed by atoms with van der Waals surface area (Å²) in [6.45, 7) is 4.52. The maximum absolute atomic E-state index is 13.5. The van der Waals surface area contributed by atoms with Crippen molar-refractivity contribution in [3.63, 3.8) is 0 Å². The molecule has 2 aromatic carbocycles. The zero-order valence-corrected chi connectivity index (χ0v) is 19.8. The summed E-state index contributed by atoms with van der Waals surface area (Å²) in [5.41, 5.74) is 2.49. The molecule has 6 nitrogen and oxygen atoms in total. The van der Waals surface area contributed by atoms with Crippen molar-refractivity contribution in [3.05, 3.63) is 89.4 Å². The maximum atomic E-state index is 13.5. The highest BCUT2D eigenvalue weighted by molar-refractivity contribution is 7.89. The van der Waals surface area contributed by atoms with Crippen molar-refractivity contribution < 1.29 is 17.6 Å². The summed E-state index contributed by atoms with van der Waals surface area (Å²) in [4.78, 5) is 12.5. The molecule has 174 valence electrons. The Balaban J connectivity index is 1.56. The first-order valence-corrected chi connectivity index (χ1v) is 12.8. The topological polar surface area (TPSA) is 79.6 Å². The lowest BCUT2D eigenvalue weighted by Gasteiger charge is -2.22. The molecule has 1 N–H and O–H groups in total. The second kappa shape index (κ2) is 9.93. The van der Waals surface area contributed by atoms with E-state index >= 15 is 0 Å². The predicted molar refractivity (Wildman–Crippen MR) is 127 cm³/mol. The Morgan fingerprint density at radius 2 is 1.76 bits per heavy atom. The summed E-state index contributed by atoms with van der Waals surface area (Å²) in [7, 11) is -3.76. The summed E-state index contributed by atoms with van der Waals surface area (Å²) in [6.07, 6.45) is 4.59. The molecule has 0 radical (unpaired) electrons. The molecule has 1 fully saturated rings. The molecule has 1 unspecified atom stereocenters. The lowest BCUT2D eigenvalue weighted by molar-refractivity contribution is 0.0951. The summed E-state index contributed by atoms with van der Waals surface area (Å²) in [5.74, 6) is 0.845. The van der Waals surface area contributed by atoms with Gasteiger partial charge in [0.15, 0.2) is 0 Å². The molecule has 3 aromatic rings. The molecule has 1 aromatic heterocycles. The van der Waals surface area contributed by atoms with Crippen LogP contribution in [0.2, 0.25) is 0 Å². The number of hydrogen-bond donors (Lipinski definition) is 1. The highest BCUT2D eigenvalue weighted by Crippen LogP contribution is 2.25. The van der Waals surface area contributed by atoms with E-state index in [4.69, 9.17) is 4.42 Å². The monoisotopic (exact) mass is 466 g/mol. The first-order valence-electron chi connectivity index (χ1n) is 11.4. The second-order valence-corrected chi connectivity index (χ2v) is 10.6. The summed E-state index contributed by atoms with van der Waals surface area (Å²) >= 11 is 0. The van der Waals surface area contributed by atoms with Crippen LogP contribution in [0.1, 0.15) is 66.3 Å². The molecule has 7 heteroatoms. The molecule has 0 aliphatic heterocycles.